The molecule has 0 aliphatic heterocycles. The van der Waals surface area contributed by atoms with Gasteiger partial charge in [0.2, 0.25) is 0 Å². The van der Waals surface area contributed by atoms with E-state index in [4.69, 9.17) is 22.1 Å². The molecule has 0 aliphatic carbocycles. The lowest BCUT2D eigenvalue weighted by atomic mass is 10.2. The van der Waals surface area contributed by atoms with E-state index < -0.39 is 17.7 Å². The molecule has 0 saturated carbocycles. The number of thiophene rings is 1. The monoisotopic (exact) mass is 421 g/mol. The Bertz CT molecular complexity index is 878. The lowest BCUT2D eigenvalue weighted by molar-refractivity contribution is -0.137. The number of hydrogen-bond acceptors (Lipinski definition) is 7. The number of ether oxygens (including phenoxy) is 1. The van der Waals surface area contributed by atoms with Crippen molar-refractivity contribution in [3.8, 4) is 6.07 Å². The maximum atomic E-state index is 12.7. The molecule has 2 aromatic rings. The van der Waals surface area contributed by atoms with Crippen molar-refractivity contribution in [2.45, 2.75) is 23.9 Å². The van der Waals surface area contributed by atoms with E-state index in [0.29, 0.717) is 11.8 Å². The van der Waals surface area contributed by atoms with Crippen LogP contribution in [0.3, 0.4) is 0 Å². The number of halogens is 4. The molecule has 138 valence electrons. The second-order valence-electron chi connectivity index (χ2n) is 4.78. The first-order chi connectivity index (χ1) is 12.2. The van der Waals surface area contributed by atoms with Crippen molar-refractivity contribution in [1.82, 2.24) is 4.98 Å². The van der Waals surface area contributed by atoms with Gasteiger partial charge in [0.25, 0.3) is 0 Å². The molecule has 0 spiro atoms. The molecule has 0 aliphatic rings. The Kier molecular flexibility index (Phi) is 6.39. The quantitative estimate of drug-likeness (QED) is 0.554. The lowest BCUT2D eigenvalue weighted by Crippen LogP contribution is -2.06. The van der Waals surface area contributed by atoms with Crippen molar-refractivity contribution in [2.75, 3.05) is 12.3 Å². The van der Waals surface area contributed by atoms with Gasteiger partial charge in [0.15, 0.2) is 0 Å². The Labute approximate surface area is 159 Å². The summed E-state index contributed by atoms with van der Waals surface area (Å²) in [7, 11) is 0. The molecular formula is C15H11ClF3N3O2S2. The van der Waals surface area contributed by atoms with Crippen LogP contribution in [-0.2, 0) is 16.7 Å². The van der Waals surface area contributed by atoms with Crippen LogP contribution >= 0.6 is 34.7 Å². The van der Waals surface area contributed by atoms with E-state index in [2.05, 4.69) is 4.98 Å². The van der Waals surface area contributed by atoms with Gasteiger partial charge in [-0.05, 0) is 13.0 Å². The van der Waals surface area contributed by atoms with E-state index in [0.717, 1.165) is 29.2 Å². The summed E-state index contributed by atoms with van der Waals surface area (Å²) in [5, 5.41) is 9.38. The summed E-state index contributed by atoms with van der Waals surface area (Å²) >= 11 is 7.79. The molecular weight excluding hydrogens is 411 g/mol. The standard InChI is InChI=1S/C15H11ClF3N3O2S2/c1-2-24-14(23)11-9(8(4-20)12(21)26-11)6-25-13-10(16)3-7(5-22-13)15(17,18)19/h3,5H,2,6,21H2,1H3. The molecule has 26 heavy (non-hydrogen) atoms. The Morgan fingerprint density at radius 3 is 2.77 bits per heavy atom. The molecule has 2 rings (SSSR count). The maximum Gasteiger partial charge on any atom is 0.417 e. The predicted molar refractivity (Wildman–Crippen MR) is 93.2 cm³/mol. The molecule has 11 heteroatoms. The average molecular weight is 422 g/mol. The number of nitrogen functional groups attached to an aromatic ring is 1. The normalized spacial score (nSPS) is 11.2. The topological polar surface area (TPSA) is 89.0 Å². The van der Waals surface area contributed by atoms with Gasteiger partial charge < -0.3 is 10.5 Å². The minimum atomic E-state index is -4.55. The van der Waals surface area contributed by atoms with Crippen molar-refractivity contribution >= 4 is 45.7 Å². The molecule has 0 radical (unpaired) electrons. The van der Waals surface area contributed by atoms with E-state index in [9.17, 15) is 23.2 Å². The Hall–Kier alpha value is -1.96. The molecule has 0 saturated heterocycles. The summed E-state index contributed by atoms with van der Waals surface area (Å²) in [6.07, 6.45) is -3.87. The molecule has 5 nitrogen and oxygen atoms in total. The number of thioether (sulfide) groups is 1. The lowest BCUT2D eigenvalue weighted by Gasteiger charge is -2.09. The van der Waals surface area contributed by atoms with Gasteiger partial charge in [0.05, 0.1) is 22.8 Å². The van der Waals surface area contributed by atoms with Gasteiger partial charge in [-0.25, -0.2) is 9.78 Å². The molecule has 0 atom stereocenters. The van der Waals surface area contributed by atoms with Crippen LogP contribution < -0.4 is 5.73 Å². The zero-order valence-corrected chi connectivity index (χ0v) is 15.6. The van der Waals surface area contributed by atoms with Crippen molar-refractivity contribution < 1.29 is 22.7 Å². The largest absolute Gasteiger partial charge is 0.462 e. The molecule has 0 amide bonds. The number of anilines is 1. The SMILES string of the molecule is CCOC(=O)c1sc(N)c(C#N)c1CSc1ncc(C(F)(F)F)cc1Cl. The Morgan fingerprint density at radius 1 is 1.54 bits per heavy atom. The van der Waals surface area contributed by atoms with Crippen LogP contribution in [0, 0.1) is 11.3 Å². The van der Waals surface area contributed by atoms with Gasteiger partial charge in [0, 0.05) is 17.5 Å². The first kappa shape index (κ1) is 20.4. The first-order valence-electron chi connectivity index (χ1n) is 7.02. The van der Waals surface area contributed by atoms with Gasteiger partial charge >= 0.3 is 12.1 Å². The van der Waals surface area contributed by atoms with Gasteiger partial charge in [-0.3, -0.25) is 0 Å². The number of rotatable bonds is 5. The summed E-state index contributed by atoms with van der Waals surface area (Å²) in [5.74, 6) is -0.546. The number of hydrogen-bond donors (Lipinski definition) is 1. The minimum Gasteiger partial charge on any atom is -0.462 e. The molecule has 2 aromatic heterocycles. The minimum absolute atomic E-state index is 0.0722. The van der Waals surface area contributed by atoms with Gasteiger partial charge in [-0.15, -0.1) is 23.1 Å². The van der Waals surface area contributed by atoms with Crippen molar-refractivity contribution in [3.05, 3.63) is 38.9 Å². The fraction of sp³-hybridized carbons (Fsp3) is 0.267. The summed E-state index contributed by atoms with van der Waals surface area (Å²) < 4.78 is 42.9. The van der Waals surface area contributed by atoms with E-state index >= 15 is 0 Å². The zero-order valence-electron chi connectivity index (χ0n) is 13.2. The van der Waals surface area contributed by atoms with Crippen LogP contribution in [0.2, 0.25) is 5.02 Å². The fourth-order valence-corrected chi connectivity index (χ4v) is 4.18. The smallest absolute Gasteiger partial charge is 0.417 e. The Balaban J connectivity index is 2.30. The molecule has 0 bridgehead atoms. The number of carbonyl (C=O) groups is 1. The maximum absolute atomic E-state index is 12.7. The summed E-state index contributed by atoms with van der Waals surface area (Å²) in [4.78, 5) is 15.9. The number of nitrogens with zero attached hydrogens (tertiary/aromatic N) is 2. The van der Waals surface area contributed by atoms with E-state index in [-0.39, 0.29) is 37.9 Å². The van der Waals surface area contributed by atoms with Crippen molar-refractivity contribution in [3.63, 3.8) is 0 Å². The Morgan fingerprint density at radius 2 is 2.23 bits per heavy atom. The number of esters is 1. The van der Waals surface area contributed by atoms with Gasteiger partial charge in [-0.2, -0.15) is 18.4 Å². The van der Waals surface area contributed by atoms with Crippen LogP contribution in [0.25, 0.3) is 0 Å². The number of nitriles is 1. The number of pyridine rings is 1. The third kappa shape index (κ3) is 4.41. The highest BCUT2D eigenvalue weighted by atomic mass is 35.5. The van der Waals surface area contributed by atoms with Crippen LogP contribution in [0.1, 0.15) is 33.3 Å². The molecule has 2 N–H and O–H groups in total. The third-order valence-electron chi connectivity index (χ3n) is 3.09. The number of aromatic nitrogens is 1. The van der Waals surface area contributed by atoms with Gasteiger partial charge in [-0.1, -0.05) is 11.6 Å². The van der Waals surface area contributed by atoms with E-state index in [1.54, 1.807) is 6.92 Å². The highest BCUT2D eigenvalue weighted by Crippen LogP contribution is 2.38. The van der Waals surface area contributed by atoms with Gasteiger partial charge in [0.1, 0.15) is 21.0 Å². The highest BCUT2D eigenvalue weighted by Gasteiger charge is 2.31. The predicted octanol–water partition coefficient (Wildman–Crippen LogP) is 4.74. The summed E-state index contributed by atoms with van der Waals surface area (Å²) in [6.45, 7) is 1.79. The number of nitrogens with two attached hydrogens (primary N) is 1. The third-order valence-corrected chi connectivity index (χ3v) is 5.57. The van der Waals surface area contributed by atoms with Crippen LogP contribution in [0.5, 0.6) is 0 Å². The first-order valence-corrected chi connectivity index (χ1v) is 9.20. The molecule has 0 fully saturated rings. The second-order valence-corrected chi connectivity index (χ2v) is 7.20. The summed E-state index contributed by atoms with van der Waals surface area (Å²) in [5.41, 5.74) is 5.28. The van der Waals surface area contributed by atoms with Crippen LogP contribution in [0.4, 0.5) is 18.2 Å². The van der Waals surface area contributed by atoms with Crippen LogP contribution in [-0.4, -0.2) is 17.6 Å². The van der Waals surface area contributed by atoms with E-state index in [1.807, 2.05) is 6.07 Å². The van der Waals surface area contributed by atoms with Crippen molar-refractivity contribution in [2.24, 2.45) is 0 Å². The van der Waals surface area contributed by atoms with Crippen LogP contribution in [0.15, 0.2) is 17.3 Å². The molecule has 0 aromatic carbocycles. The fourth-order valence-electron chi connectivity index (χ4n) is 1.93. The second kappa shape index (κ2) is 8.16. The van der Waals surface area contributed by atoms with E-state index in [1.165, 1.54) is 0 Å². The average Bonchev–Trinajstić information content (AvgIpc) is 2.88. The number of alkyl halides is 3. The number of carbonyl (C=O) groups excluding carboxylic acids is 1. The molecule has 0 unspecified atom stereocenters. The van der Waals surface area contributed by atoms with Crippen molar-refractivity contribution in [1.29, 1.82) is 5.26 Å². The molecule has 2 heterocycles. The zero-order chi connectivity index (χ0) is 19.5. The highest BCUT2D eigenvalue weighted by molar-refractivity contribution is 7.98. The summed E-state index contributed by atoms with van der Waals surface area (Å²) in [6, 6.07) is 2.70.